The molecule has 3 rings (SSSR count). The third-order valence-corrected chi connectivity index (χ3v) is 7.78. The maximum atomic E-state index is 11.1. The average Bonchev–Trinajstić information content (AvgIpc) is 3.02. The predicted octanol–water partition coefficient (Wildman–Crippen LogP) is 2.30. The topological polar surface area (TPSA) is 336 Å². The minimum Gasteiger partial charge on any atom is -0.353 e. The van der Waals surface area contributed by atoms with Gasteiger partial charge in [-0.2, -0.15) is 46.7 Å². The maximum absolute atomic E-state index is 11.1. The van der Waals surface area contributed by atoms with Crippen LogP contribution in [0.2, 0.25) is 0 Å². The van der Waals surface area contributed by atoms with Crippen molar-refractivity contribution in [3.8, 4) is 0 Å². The summed E-state index contributed by atoms with van der Waals surface area (Å²) >= 11 is 1.49. The van der Waals surface area contributed by atoms with Crippen LogP contribution >= 0.6 is 24.1 Å². The lowest BCUT2D eigenvalue weighted by atomic mass is 10.1. The van der Waals surface area contributed by atoms with Crippen molar-refractivity contribution in [1.82, 2.24) is 29.9 Å². The van der Waals surface area contributed by atoms with Gasteiger partial charge in [-0.25, -0.2) is 20.5 Å². The van der Waals surface area contributed by atoms with Gasteiger partial charge in [0.15, 0.2) is 0 Å². The van der Waals surface area contributed by atoms with E-state index in [1.165, 1.54) is 12.4 Å². The molecule has 2 heterocycles. The smallest absolute Gasteiger partial charge is 0.266 e. The van der Waals surface area contributed by atoms with Gasteiger partial charge in [0, 0.05) is 61.0 Å². The molecule has 0 aliphatic heterocycles. The van der Waals surface area contributed by atoms with E-state index in [0.717, 1.165) is 24.1 Å². The van der Waals surface area contributed by atoms with Gasteiger partial charge in [-0.15, -0.1) is 8.67 Å². The summed E-state index contributed by atoms with van der Waals surface area (Å²) in [6.45, 7) is 3.06. The molecule has 0 unspecified atom stereocenters. The number of rotatable bonds is 22. The molecule has 0 bridgehead atoms. The number of nitrogens with one attached hydrogen (secondary N) is 4. The van der Waals surface area contributed by atoms with Crippen LogP contribution in [0.5, 0.6) is 0 Å². The maximum Gasteiger partial charge on any atom is 0.266 e. The number of benzene rings is 1. The second-order valence-corrected chi connectivity index (χ2v) is 13.8. The molecule has 50 heavy (non-hydrogen) atoms. The summed E-state index contributed by atoms with van der Waals surface area (Å²) in [5.74, 6) is -1.11. The molecule has 3 aromatic rings. The summed E-state index contributed by atoms with van der Waals surface area (Å²) in [4.78, 5) is 33.5. The number of aromatic nitrogens is 6. The van der Waals surface area contributed by atoms with Crippen molar-refractivity contribution >= 4 is 104 Å². The lowest BCUT2D eigenvalue weighted by Crippen LogP contribution is -2.19. The van der Waals surface area contributed by atoms with E-state index < -0.39 is 31.7 Å². The van der Waals surface area contributed by atoms with Crippen LogP contribution in [0.15, 0.2) is 22.1 Å². The Morgan fingerprint density at radius 3 is 1.48 bits per heavy atom. The molecular weight excluding hydrogens is 753 g/mol. The standard InChI is InChI=1S/C22H30N12O12S4/c1-13-12-16(28-22-33-19(25-5-9-49(37,38)39)30-20(34-22)26-6-10-50(40,41)42)14(2)11-15(13)27-21-31-17(23-3-7-47-45-43-35)29-18(32-21)24-4-8-48-46-44-36/h3-4,11-12,35-36H,5-10H2,1-2H3,(H,37,38,39)(H,40,41,42)(H,27,29,31,32)(H3,25,26,28,30,33,34). The zero-order valence-electron chi connectivity index (χ0n) is 25.8. The van der Waals surface area contributed by atoms with E-state index in [0.29, 0.717) is 22.5 Å². The molecule has 2 aromatic heterocycles. The first-order chi connectivity index (χ1) is 23.7. The highest BCUT2D eigenvalue weighted by Gasteiger charge is 2.14. The van der Waals surface area contributed by atoms with Gasteiger partial charge < -0.3 is 21.3 Å². The van der Waals surface area contributed by atoms with Crippen LogP contribution in [0.3, 0.4) is 0 Å². The Hall–Kier alpha value is -3.94. The second-order valence-electron chi connectivity index (χ2n) is 9.20. The molecule has 274 valence electrons. The summed E-state index contributed by atoms with van der Waals surface area (Å²) in [7, 11) is -8.55. The fourth-order valence-electron chi connectivity index (χ4n) is 3.42. The number of anilines is 6. The van der Waals surface area contributed by atoms with Crippen LogP contribution in [-0.2, 0) is 39.0 Å². The molecule has 0 fully saturated rings. The SMILES string of the molecule is Cc1cc(Nc2nc(NCCS(=O)(=O)O)nc(NCCS(=O)(=O)O)n2)c(C)cc1Nc1nc(N=CCSOOO)nc(N=CCSOOO)n1. The highest BCUT2D eigenvalue weighted by atomic mass is 32.2. The van der Waals surface area contributed by atoms with E-state index in [-0.39, 0.29) is 60.3 Å². The molecule has 1 aromatic carbocycles. The molecule has 0 saturated carbocycles. The Morgan fingerprint density at radius 2 is 1.08 bits per heavy atom. The Kier molecular flexibility index (Phi) is 16.2. The van der Waals surface area contributed by atoms with Crippen molar-refractivity contribution in [2.24, 2.45) is 9.98 Å². The molecule has 28 heteroatoms. The Balaban J connectivity index is 1.85. The van der Waals surface area contributed by atoms with Crippen LogP contribution in [-0.4, -0.2) is 115 Å². The molecule has 0 amide bonds. The molecule has 0 aliphatic rings. The molecular formula is C22H30N12O12S4. The zero-order chi connectivity index (χ0) is 36.6. The highest BCUT2D eigenvalue weighted by molar-refractivity contribution is 7.95. The van der Waals surface area contributed by atoms with Gasteiger partial charge in [-0.3, -0.25) is 9.11 Å². The number of hydrogen-bond donors (Lipinski definition) is 8. The lowest BCUT2D eigenvalue weighted by molar-refractivity contribution is -0.432. The largest absolute Gasteiger partial charge is 0.353 e. The minimum atomic E-state index is -4.28. The van der Waals surface area contributed by atoms with Gasteiger partial charge in [0.2, 0.25) is 23.8 Å². The summed E-state index contributed by atoms with van der Waals surface area (Å²) in [6.07, 6.45) is 2.78. The van der Waals surface area contributed by atoms with E-state index in [9.17, 15) is 16.8 Å². The van der Waals surface area contributed by atoms with E-state index in [4.69, 9.17) is 19.6 Å². The number of nitrogens with zero attached hydrogens (tertiary/aromatic N) is 8. The zero-order valence-corrected chi connectivity index (χ0v) is 29.1. The van der Waals surface area contributed by atoms with E-state index in [1.807, 2.05) is 0 Å². The summed E-state index contributed by atoms with van der Waals surface area (Å²) < 4.78 is 71.1. The fourth-order valence-corrected chi connectivity index (χ4v) is 4.61. The van der Waals surface area contributed by atoms with Crippen LogP contribution in [0.1, 0.15) is 11.1 Å². The third-order valence-electron chi connectivity index (χ3n) is 5.45. The summed E-state index contributed by atoms with van der Waals surface area (Å²) in [6, 6.07) is 3.51. The molecule has 24 nitrogen and oxygen atoms in total. The van der Waals surface area contributed by atoms with Gasteiger partial charge in [0.05, 0.1) is 23.0 Å². The van der Waals surface area contributed by atoms with Crippen molar-refractivity contribution in [1.29, 1.82) is 0 Å². The van der Waals surface area contributed by atoms with Crippen molar-refractivity contribution in [2.75, 3.05) is 57.4 Å². The predicted molar refractivity (Wildman–Crippen MR) is 183 cm³/mol. The van der Waals surface area contributed by atoms with E-state index in [2.05, 4.69) is 79.9 Å². The molecule has 0 aliphatic carbocycles. The summed E-state index contributed by atoms with van der Waals surface area (Å²) in [5.41, 5.74) is 2.48. The first-order valence-electron chi connectivity index (χ1n) is 13.5. The highest BCUT2D eigenvalue weighted by Crippen LogP contribution is 2.29. The van der Waals surface area contributed by atoms with E-state index in [1.54, 1.807) is 26.0 Å². The first kappa shape index (κ1) is 40.5. The van der Waals surface area contributed by atoms with Gasteiger partial charge >= 0.3 is 0 Å². The number of hydrogen-bond acceptors (Lipinski definition) is 24. The lowest BCUT2D eigenvalue weighted by Gasteiger charge is -2.15. The van der Waals surface area contributed by atoms with Crippen molar-refractivity contribution in [3.63, 3.8) is 0 Å². The molecule has 0 saturated heterocycles. The molecule has 0 radical (unpaired) electrons. The van der Waals surface area contributed by atoms with Gasteiger partial charge in [0.25, 0.3) is 32.1 Å². The van der Waals surface area contributed by atoms with Crippen molar-refractivity contribution in [3.05, 3.63) is 23.3 Å². The summed E-state index contributed by atoms with van der Waals surface area (Å²) in [5, 5.41) is 34.9. The monoisotopic (exact) mass is 782 g/mol. The number of aliphatic imine (C=N–C) groups is 2. The van der Waals surface area contributed by atoms with Gasteiger partial charge in [-0.1, -0.05) is 10.1 Å². The van der Waals surface area contributed by atoms with Crippen LogP contribution in [0.4, 0.5) is 47.1 Å². The molecule has 0 atom stereocenters. The van der Waals surface area contributed by atoms with Gasteiger partial charge in [-0.05, 0) is 37.1 Å². The van der Waals surface area contributed by atoms with E-state index >= 15 is 0 Å². The fraction of sp³-hybridized carbons (Fsp3) is 0.364. The van der Waals surface area contributed by atoms with Gasteiger partial charge in [0.1, 0.15) is 0 Å². The second kappa shape index (κ2) is 20.0. The van der Waals surface area contributed by atoms with Crippen LogP contribution in [0.25, 0.3) is 0 Å². The Morgan fingerprint density at radius 1 is 0.680 bits per heavy atom. The average molecular weight is 783 g/mol. The van der Waals surface area contributed by atoms with Crippen LogP contribution < -0.4 is 21.3 Å². The first-order valence-corrected chi connectivity index (χ1v) is 18.6. The normalized spacial score (nSPS) is 12.1. The minimum absolute atomic E-state index is 0.0161. The van der Waals surface area contributed by atoms with Crippen LogP contribution in [0, 0.1) is 13.8 Å². The van der Waals surface area contributed by atoms with Crippen molar-refractivity contribution in [2.45, 2.75) is 13.8 Å². The molecule has 8 N–H and O–H groups in total. The third kappa shape index (κ3) is 15.7. The Labute approximate surface area is 292 Å². The number of aryl methyl sites for hydroxylation is 2. The Bertz CT molecular complexity index is 1760. The van der Waals surface area contributed by atoms with Crippen molar-refractivity contribution < 1.29 is 55.2 Å². The quantitative estimate of drug-likeness (QED) is 0.0181. The molecule has 0 spiro atoms.